The first-order chi connectivity index (χ1) is 9.88. The van der Waals surface area contributed by atoms with E-state index < -0.39 is 0 Å². The predicted molar refractivity (Wildman–Crippen MR) is 112 cm³/mol. The summed E-state index contributed by atoms with van der Waals surface area (Å²) in [6.45, 7) is 13.5. The molecule has 0 aliphatic carbocycles. The van der Waals surface area contributed by atoms with Gasteiger partial charge in [0.25, 0.3) is 0 Å². The first kappa shape index (κ1) is 22.3. The van der Waals surface area contributed by atoms with Crippen molar-refractivity contribution in [3.63, 3.8) is 0 Å². The summed E-state index contributed by atoms with van der Waals surface area (Å²) in [6, 6.07) is 0.660. The van der Waals surface area contributed by atoms with E-state index in [1.54, 1.807) is 0 Å². The zero-order chi connectivity index (χ0) is 15.9. The van der Waals surface area contributed by atoms with E-state index in [4.69, 9.17) is 0 Å². The standard InChI is InChI=1S/C16H34N4S.HI/c1-13(2)20-9-7-8-14(11-20)10-18-15(17-5)19-12-16(3,4)21-6;/h13-14H,7-12H2,1-6H3,(H2,17,18,19);1H. The summed E-state index contributed by atoms with van der Waals surface area (Å²) >= 11 is 1.88. The summed E-state index contributed by atoms with van der Waals surface area (Å²) in [7, 11) is 1.85. The van der Waals surface area contributed by atoms with Crippen LogP contribution in [0, 0.1) is 5.92 Å². The maximum absolute atomic E-state index is 4.34. The Morgan fingerprint density at radius 1 is 1.36 bits per heavy atom. The molecule has 1 unspecified atom stereocenters. The largest absolute Gasteiger partial charge is 0.356 e. The van der Waals surface area contributed by atoms with E-state index >= 15 is 0 Å². The van der Waals surface area contributed by atoms with Crippen LogP contribution in [-0.4, -0.2) is 61.1 Å². The molecule has 4 nitrogen and oxygen atoms in total. The van der Waals surface area contributed by atoms with Crippen LogP contribution in [0.2, 0.25) is 0 Å². The van der Waals surface area contributed by atoms with Crippen LogP contribution in [0.1, 0.15) is 40.5 Å². The molecule has 1 saturated heterocycles. The van der Waals surface area contributed by atoms with E-state index in [1.807, 2.05) is 18.8 Å². The van der Waals surface area contributed by atoms with E-state index in [0.717, 1.165) is 25.0 Å². The Bertz CT molecular complexity index is 334. The molecule has 1 fully saturated rings. The molecule has 0 radical (unpaired) electrons. The van der Waals surface area contributed by atoms with Gasteiger partial charge in [0.2, 0.25) is 0 Å². The molecule has 0 aromatic carbocycles. The van der Waals surface area contributed by atoms with Gasteiger partial charge in [-0.05, 0) is 59.3 Å². The number of likely N-dealkylation sites (tertiary alicyclic amines) is 1. The number of hydrogen-bond acceptors (Lipinski definition) is 3. The second kappa shape index (κ2) is 11.0. The third-order valence-corrected chi connectivity index (χ3v) is 5.55. The lowest BCUT2D eigenvalue weighted by atomic mass is 9.97. The zero-order valence-electron chi connectivity index (χ0n) is 15.1. The van der Waals surface area contributed by atoms with Crippen LogP contribution in [-0.2, 0) is 0 Å². The van der Waals surface area contributed by atoms with Crippen LogP contribution in [0.3, 0.4) is 0 Å². The number of nitrogens with zero attached hydrogens (tertiary/aromatic N) is 2. The summed E-state index contributed by atoms with van der Waals surface area (Å²) in [5.74, 6) is 1.66. The number of rotatable bonds is 6. The molecule has 0 amide bonds. The molecule has 1 atom stereocenters. The van der Waals surface area contributed by atoms with Gasteiger partial charge < -0.3 is 15.5 Å². The van der Waals surface area contributed by atoms with Crippen LogP contribution in [0.4, 0.5) is 0 Å². The van der Waals surface area contributed by atoms with Gasteiger partial charge in [-0.3, -0.25) is 4.99 Å². The summed E-state index contributed by atoms with van der Waals surface area (Å²) < 4.78 is 0.233. The average Bonchev–Trinajstić information content (AvgIpc) is 2.47. The lowest BCUT2D eigenvalue weighted by Crippen LogP contribution is -2.47. The molecule has 0 saturated carbocycles. The van der Waals surface area contributed by atoms with E-state index in [1.165, 1.54) is 25.9 Å². The van der Waals surface area contributed by atoms with Crippen LogP contribution in [0.15, 0.2) is 4.99 Å². The van der Waals surface area contributed by atoms with Crippen molar-refractivity contribution in [3.05, 3.63) is 0 Å². The van der Waals surface area contributed by atoms with E-state index in [2.05, 4.69) is 54.5 Å². The van der Waals surface area contributed by atoms with Crippen LogP contribution < -0.4 is 10.6 Å². The van der Waals surface area contributed by atoms with Crippen molar-refractivity contribution in [1.82, 2.24) is 15.5 Å². The van der Waals surface area contributed by atoms with Gasteiger partial charge in [-0.1, -0.05) is 0 Å². The van der Waals surface area contributed by atoms with Gasteiger partial charge in [0.1, 0.15) is 0 Å². The average molecular weight is 442 g/mol. The Hall–Kier alpha value is 0.310. The predicted octanol–water partition coefficient (Wildman–Crippen LogP) is 3.03. The van der Waals surface area contributed by atoms with Crippen molar-refractivity contribution in [1.29, 1.82) is 0 Å². The lowest BCUT2D eigenvalue weighted by molar-refractivity contribution is 0.141. The van der Waals surface area contributed by atoms with Crippen molar-refractivity contribution >= 4 is 41.7 Å². The highest BCUT2D eigenvalue weighted by Gasteiger charge is 2.22. The second-order valence-electron chi connectivity index (χ2n) is 6.87. The maximum atomic E-state index is 4.34. The fourth-order valence-electron chi connectivity index (χ4n) is 2.56. The number of halogens is 1. The van der Waals surface area contributed by atoms with Gasteiger partial charge in [0.15, 0.2) is 5.96 Å². The zero-order valence-corrected chi connectivity index (χ0v) is 18.3. The maximum Gasteiger partial charge on any atom is 0.191 e. The molecule has 1 heterocycles. The highest BCUT2D eigenvalue weighted by Crippen LogP contribution is 2.19. The smallest absolute Gasteiger partial charge is 0.191 e. The van der Waals surface area contributed by atoms with Gasteiger partial charge >= 0.3 is 0 Å². The SMILES string of the molecule is CN=C(NCC1CCCN(C(C)C)C1)NCC(C)(C)SC.I. The van der Waals surface area contributed by atoms with Crippen LogP contribution in [0.25, 0.3) is 0 Å². The Morgan fingerprint density at radius 2 is 2.05 bits per heavy atom. The third kappa shape index (κ3) is 8.24. The van der Waals surface area contributed by atoms with Crippen LogP contribution in [0.5, 0.6) is 0 Å². The fourth-order valence-corrected chi connectivity index (χ4v) is 2.78. The van der Waals surface area contributed by atoms with Crippen molar-refractivity contribution in [3.8, 4) is 0 Å². The quantitative estimate of drug-likeness (QED) is 0.377. The van der Waals surface area contributed by atoms with E-state index in [-0.39, 0.29) is 28.7 Å². The van der Waals surface area contributed by atoms with Crippen molar-refractivity contribution < 1.29 is 0 Å². The minimum atomic E-state index is 0. The molecule has 0 spiro atoms. The van der Waals surface area contributed by atoms with Gasteiger partial charge in [-0.25, -0.2) is 0 Å². The second-order valence-corrected chi connectivity index (χ2v) is 8.38. The van der Waals surface area contributed by atoms with Gasteiger partial charge in [0, 0.05) is 37.5 Å². The summed E-state index contributed by atoms with van der Waals surface area (Å²) in [5.41, 5.74) is 0. The first-order valence-electron chi connectivity index (χ1n) is 8.11. The van der Waals surface area contributed by atoms with Gasteiger partial charge in [-0.15, -0.1) is 24.0 Å². The molecule has 6 heteroatoms. The first-order valence-corrected chi connectivity index (χ1v) is 9.34. The van der Waals surface area contributed by atoms with Crippen molar-refractivity contribution in [2.45, 2.75) is 51.3 Å². The molecule has 0 bridgehead atoms. The highest BCUT2D eigenvalue weighted by atomic mass is 127. The monoisotopic (exact) mass is 442 g/mol. The molecular weight excluding hydrogens is 407 g/mol. The summed E-state index contributed by atoms with van der Waals surface area (Å²) in [5, 5.41) is 6.94. The number of nitrogens with one attached hydrogen (secondary N) is 2. The minimum absolute atomic E-state index is 0. The molecule has 22 heavy (non-hydrogen) atoms. The number of thioether (sulfide) groups is 1. The number of guanidine groups is 1. The Labute approximate surface area is 158 Å². The Kier molecular flexibility index (Phi) is 11.1. The molecule has 1 aliphatic rings. The summed E-state index contributed by atoms with van der Waals surface area (Å²) in [4.78, 5) is 6.92. The van der Waals surface area contributed by atoms with Crippen molar-refractivity contribution in [2.24, 2.45) is 10.9 Å². The van der Waals surface area contributed by atoms with Gasteiger partial charge in [-0.2, -0.15) is 11.8 Å². The lowest BCUT2D eigenvalue weighted by Gasteiger charge is -2.35. The molecule has 132 valence electrons. The number of hydrogen-bond donors (Lipinski definition) is 2. The van der Waals surface area contributed by atoms with E-state index in [9.17, 15) is 0 Å². The fraction of sp³-hybridized carbons (Fsp3) is 0.938. The van der Waals surface area contributed by atoms with Gasteiger partial charge in [0.05, 0.1) is 0 Å². The van der Waals surface area contributed by atoms with Crippen LogP contribution >= 0.6 is 35.7 Å². The Morgan fingerprint density at radius 3 is 2.59 bits per heavy atom. The minimum Gasteiger partial charge on any atom is -0.356 e. The Balaban J connectivity index is 0.00000441. The normalized spacial score (nSPS) is 20.7. The molecular formula is C16H35IN4S. The molecule has 0 aromatic heterocycles. The topological polar surface area (TPSA) is 39.7 Å². The summed E-state index contributed by atoms with van der Waals surface area (Å²) in [6.07, 6.45) is 4.79. The molecule has 1 rings (SSSR count). The molecule has 1 aliphatic heterocycles. The molecule has 0 aromatic rings. The number of piperidine rings is 1. The van der Waals surface area contributed by atoms with Crippen molar-refractivity contribution in [2.75, 3.05) is 39.5 Å². The molecule has 2 N–H and O–H groups in total. The van der Waals surface area contributed by atoms with E-state index in [0.29, 0.717) is 6.04 Å². The third-order valence-electron chi connectivity index (χ3n) is 4.30. The number of aliphatic imine (C=N–C) groups is 1. The highest BCUT2D eigenvalue weighted by molar-refractivity contribution is 14.0.